The maximum Gasteiger partial charge on any atom is 0.216 e. The van der Waals surface area contributed by atoms with Crippen molar-refractivity contribution in [3.63, 3.8) is 0 Å². The van der Waals surface area contributed by atoms with Crippen LogP contribution in [-0.4, -0.2) is 8.07 Å². The van der Waals surface area contributed by atoms with E-state index >= 15 is 0 Å². The molecule has 0 saturated heterocycles. The summed E-state index contributed by atoms with van der Waals surface area (Å²) in [6.07, 6.45) is 0. The fourth-order valence-corrected chi connectivity index (χ4v) is 7.17. The third-order valence-corrected chi connectivity index (χ3v) is 9.35. The molecule has 0 aliphatic rings. The van der Waals surface area contributed by atoms with Crippen molar-refractivity contribution >= 4 is 40.9 Å². The highest BCUT2D eigenvalue weighted by Crippen LogP contribution is 2.45. The van der Waals surface area contributed by atoms with Crippen LogP contribution in [0.2, 0.25) is 19.6 Å². The van der Waals surface area contributed by atoms with Crippen molar-refractivity contribution in [1.82, 2.24) is 0 Å². The number of pyridine rings is 1. The zero-order chi connectivity index (χ0) is 25.1. The largest absolute Gasteiger partial charge is 0.456 e. The second kappa shape index (κ2) is 8.22. The van der Waals surface area contributed by atoms with Crippen molar-refractivity contribution in [2.45, 2.75) is 40.4 Å². The average Bonchev–Trinajstić information content (AvgIpc) is 3.18. The Kier molecular flexibility index (Phi) is 5.42. The van der Waals surface area contributed by atoms with Crippen LogP contribution in [0.1, 0.15) is 16.8 Å². The van der Waals surface area contributed by atoms with Gasteiger partial charge in [-0.25, -0.2) is 4.85 Å². The maximum atomic E-state index is 7.90. The lowest BCUT2D eigenvalue weighted by Gasteiger charge is -2.18. The molecule has 4 heteroatoms. The van der Waals surface area contributed by atoms with Gasteiger partial charge in [0.25, 0.3) is 0 Å². The lowest BCUT2D eigenvalue weighted by atomic mass is 9.96. The number of furan rings is 1. The van der Waals surface area contributed by atoms with Gasteiger partial charge in [0.05, 0.1) is 20.2 Å². The first kappa shape index (κ1) is 23.1. The van der Waals surface area contributed by atoms with E-state index in [1.165, 1.54) is 16.4 Å². The molecule has 35 heavy (non-hydrogen) atoms. The zero-order valence-electron chi connectivity index (χ0n) is 21.6. The van der Waals surface area contributed by atoms with Gasteiger partial charge >= 0.3 is 0 Å². The number of hydrogen-bond donors (Lipinski definition) is 0. The maximum absolute atomic E-state index is 7.90. The first-order chi connectivity index (χ1) is 16.6. The Hall–Kier alpha value is -3.68. The fourth-order valence-electron chi connectivity index (χ4n) is 5.33. The molecular weight excluding hydrogens is 444 g/mol. The lowest BCUT2D eigenvalue weighted by Crippen LogP contribution is -2.49. The predicted molar refractivity (Wildman–Crippen MR) is 149 cm³/mol. The van der Waals surface area contributed by atoms with E-state index in [0.29, 0.717) is 5.69 Å². The van der Waals surface area contributed by atoms with Gasteiger partial charge in [-0.2, -0.15) is 4.57 Å². The Balaban J connectivity index is 1.90. The molecule has 0 N–H and O–H groups in total. The van der Waals surface area contributed by atoms with E-state index in [-0.39, 0.29) is 0 Å². The van der Waals surface area contributed by atoms with E-state index < -0.39 is 8.07 Å². The second-order valence-corrected chi connectivity index (χ2v) is 15.6. The SMILES string of the molecule is [C-]#[N+]c1c(C)cc2c(oc3c(-c4ccc([Si](C)(C)C)c(C)[n+]4C)c(C)ccc32)c1-c1ccccc1. The molecule has 0 fully saturated rings. The van der Waals surface area contributed by atoms with Gasteiger partial charge in [0.1, 0.15) is 18.2 Å². The smallest absolute Gasteiger partial charge is 0.216 e. The average molecular weight is 476 g/mol. The molecule has 3 nitrogen and oxygen atoms in total. The second-order valence-electron chi connectivity index (χ2n) is 10.5. The number of benzene rings is 3. The number of fused-ring (bicyclic) bond motifs is 3. The Morgan fingerprint density at radius 3 is 2.14 bits per heavy atom. The molecule has 2 heterocycles. The molecule has 2 aromatic heterocycles. The molecule has 0 aliphatic carbocycles. The van der Waals surface area contributed by atoms with E-state index in [4.69, 9.17) is 11.0 Å². The van der Waals surface area contributed by atoms with Crippen LogP contribution in [0.25, 0.3) is 49.2 Å². The lowest BCUT2D eigenvalue weighted by molar-refractivity contribution is -0.665. The molecule has 5 rings (SSSR count). The Bertz CT molecular complexity index is 1670. The highest BCUT2D eigenvalue weighted by molar-refractivity contribution is 6.88. The minimum atomic E-state index is -1.46. The van der Waals surface area contributed by atoms with Crippen LogP contribution >= 0.6 is 0 Å². The van der Waals surface area contributed by atoms with Crippen LogP contribution in [0.15, 0.2) is 65.1 Å². The van der Waals surface area contributed by atoms with Gasteiger partial charge in [-0.1, -0.05) is 74.2 Å². The molecule has 0 aliphatic heterocycles. The molecule has 0 unspecified atom stereocenters. The molecule has 0 saturated carbocycles. The van der Waals surface area contributed by atoms with Gasteiger partial charge < -0.3 is 4.42 Å². The zero-order valence-corrected chi connectivity index (χ0v) is 22.6. The Morgan fingerprint density at radius 2 is 1.49 bits per heavy atom. The molecule has 0 spiro atoms. The van der Waals surface area contributed by atoms with Gasteiger partial charge in [0.15, 0.2) is 5.69 Å². The summed E-state index contributed by atoms with van der Waals surface area (Å²) in [5, 5.41) is 3.62. The van der Waals surface area contributed by atoms with Crippen LogP contribution in [-0.2, 0) is 7.05 Å². The van der Waals surface area contributed by atoms with Crippen molar-refractivity contribution in [3.05, 3.63) is 88.9 Å². The number of rotatable bonds is 3. The minimum Gasteiger partial charge on any atom is -0.456 e. The van der Waals surface area contributed by atoms with Crippen LogP contribution in [0.4, 0.5) is 5.69 Å². The summed E-state index contributed by atoms with van der Waals surface area (Å²) in [6.45, 7) is 21.5. The van der Waals surface area contributed by atoms with E-state index in [2.05, 4.69) is 92.4 Å². The van der Waals surface area contributed by atoms with Crippen molar-refractivity contribution in [2.24, 2.45) is 7.05 Å². The third-order valence-electron chi connectivity index (χ3n) is 7.20. The monoisotopic (exact) mass is 475 g/mol. The van der Waals surface area contributed by atoms with Crippen molar-refractivity contribution in [2.75, 3.05) is 0 Å². The van der Waals surface area contributed by atoms with Crippen molar-refractivity contribution in [1.29, 1.82) is 0 Å². The molecular formula is C31H31N2OSi+. The van der Waals surface area contributed by atoms with Crippen molar-refractivity contribution in [3.8, 4) is 22.4 Å². The highest BCUT2D eigenvalue weighted by Gasteiger charge is 2.28. The fraction of sp³-hybridized carbons (Fsp3) is 0.226. The summed E-state index contributed by atoms with van der Waals surface area (Å²) in [5.41, 5.74) is 9.93. The van der Waals surface area contributed by atoms with Crippen LogP contribution in [0.5, 0.6) is 0 Å². The first-order valence-corrected chi connectivity index (χ1v) is 15.6. The molecule has 0 bridgehead atoms. The molecule has 3 aromatic carbocycles. The summed E-state index contributed by atoms with van der Waals surface area (Å²) in [7, 11) is 0.698. The summed E-state index contributed by atoms with van der Waals surface area (Å²) in [6, 6.07) is 21.2. The number of aryl methyl sites for hydroxylation is 2. The van der Waals surface area contributed by atoms with Crippen LogP contribution in [0, 0.1) is 27.3 Å². The quantitative estimate of drug-likeness (QED) is 0.148. The van der Waals surface area contributed by atoms with Gasteiger partial charge in [-0.15, -0.1) is 0 Å². The molecule has 5 aromatic rings. The number of hydrogen-bond acceptors (Lipinski definition) is 1. The number of aromatic nitrogens is 1. The highest BCUT2D eigenvalue weighted by atomic mass is 28.3. The normalized spacial score (nSPS) is 11.8. The summed E-state index contributed by atoms with van der Waals surface area (Å²) >= 11 is 0. The molecule has 0 atom stereocenters. The topological polar surface area (TPSA) is 21.4 Å². The first-order valence-electron chi connectivity index (χ1n) is 12.1. The van der Waals surface area contributed by atoms with Gasteiger partial charge in [-0.05, 0) is 30.5 Å². The minimum absolute atomic E-state index is 0.655. The van der Waals surface area contributed by atoms with E-state index in [1.54, 1.807) is 0 Å². The number of nitrogens with zero attached hydrogens (tertiary/aromatic N) is 2. The van der Waals surface area contributed by atoms with Gasteiger partial charge in [0, 0.05) is 34.5 Å². The molecule has 0 radical (unpaired) electrons. The van der Waals surface area contributed by atoms with E-state index in [9.17, 15) is 0 Å². The Labute approximate surface area is 208 Å². The van der Waals surface area contributed by atoms with Crippen molar-refractivity contribution < 1.29 is 8.98 Å². The predicted octanol–water partition coefficient (Wildman–Crippen LogP) is 7.77. The Morgan fingerprint density at radius 1 is 0.800 bits per heavy atom. The summed E-state index contributed by atoms with van der Waals surface area (Å²) in [4.78, 5) is 3.91. The van der Waals surface area contributed by atoms with E-state index in [0.717, 1.165) is 49.9 Å². The standard InChI is InChI=1S/C31H31N2OSi/c1-19-14-15-23-24-18-20(2)29(32-4)28(22-12-10-9-11-13-22)31(24)34-30(23)27(19)25-16-17-26(35(6,7)8)21(3)33(25)5/h9-18H,1-3,5-8H3/q+1. The van der Waals surface area contributed by atoms with Crippen LogP contribution in [0.3, 0.4) is 0 Å². The third kappa shape index (κ3) is 3.59. The molecule has 174 valence electrons. The summed E-state index contributed by atoms with van der Waals surface area (Å²) in [5.74, 6) is 0. The van der Waals surface area contributed by atoms with Gasteiger partial charge in [-0.3, -0.25) is 0 Å². The van der Waals surface area contributed by atoms with E-state index in [1.807, 2.05) is 25.1 Å². The van der Waals surface area contributed by atoms with Gasteiger partial charge in [0.2, 0.25) is 11.4 Å². The van der Waals surface area contributed by atoms with Crippen LogP contribution < -0.4 is 9.75 Å². The molecule has 0 amide bonds. The summed E-state index contributed by atoms with van der Waals surface area (Å²) < 4.78 is 9.06.